The Labute approximate surface area is 192 Å². The van der Waals surface area contributed by atoms with E-state index < -0.39 is 26.7 Å². The lowest BCUT2D eigenvalue weighted by molar-refractivity contribution is -0.139. The monoisotopic (exact) mass is 479 g/mol. The van der Waals surface area contributed by atoms with Crippen LogP contribution in [0.15, 0.2) is 47.4 Å². The smallest absolute Gasteiger partial charge is 0.317 e. The number of rotatable bonds is 6. The molecule has 2 aromatic carbocycles. The lowest BCUT2D eigenvalue weighted by Gasteiger charge is -2.23. The van der Waals surface area contributed by atoms with E-state index in [9.17, 15) is 21.6 Å². The summed E-state index contributed by atoms with van der Waals surface area (Å²) < 4.78 is 67.8. The lowest BCUT2D eigenvalue weighted by Crippen LogP contribution is -2.34. The van der Waals surface area contributed by atoms with Crippen molar-refractivity contribution in [1.29, 1.82) is 0 Å². The number of halogens is 3. The Morgan fingerprint density at radius 2 is 1.85 bits per heavy atom. The molecule has 0 amide bonds. The highest BCUT2D eigenvalue weighted by Crippen LogP contribution is 2.44. The fourth-order valence-corrected chi connectivity index (χ4v) is 6.83. The summed E-state index contributed by atoms with van der Waals surface area (Å²) in [6, 6.07) is 10.6. The van der Waals surface area contributed by atoms with E-state index in [-0.39, 0.29) is 6.54 Å². The maximum absolute atomic E-state index is 13.4. The van der Waals surface area contributed by atoms with Crippen LogP contribution in [-0.2, 0) is 22.6 Å². The maximum Gasteiger partial charge on any atom is 0.417 e. The van der Waals surface area contributed by atoms with Gasteiger partial charge in [0.25, 0.3) is 10.0 Å². The van der Waals surface area contributed by atoms with Gasteiger partial charge in [-0.2, -0.15) is 13.2 Å². The second-order valence-electron chi connectivity index (χ2n) is 9.26. The fraction of sp³-hybridized carbons (Fsp3) is 0.500. The number of hydrogen-bond acceptors (Lipinski definition) is 4. The van der Waals surface area contributed by atoms with Gasteiger partial charge in [-0.3, -0.25) is 4.31 Å². The van der Waals surface area contributed by atoms with Gasteiger partial charge in [0.15, 0.2) is 0 Å². The van der Waals surface area contributed by atoms with Gasteiger partial charge in [0, 0.05) is 18.5 Å². The molecule has 2 atom stereocenters. The van der Waals surface area contributed by atoms with E-state index >= 15 is 0 Å². The van der Waals surface area contributed by atoms with E-state index in [1.54, 1.807) is 6.07 Å². The number of piperidine rings is 1. The molecule has 0 bridgehead atoms. The normalized spacial score (nSPS) is 23.5. The molecule has 1 saturated heterocycles. The van der Waals surface area contributed by atoms with Crippen molar-refractivity contribution >= 4 is 15.7 Å². The van der Waals surface area contributed by atoms with E-state index in [0.29, 0.717) is 30.0 Å². The Hall–Kier alpha value is -2.10. The van der Waals surface area contributed by atoms with Gasteiger partial charge in [-0.1, -0.05) is 24.3 Å². The first-order valence-electron chi connectivity index (χ1n) is 11.5. The van der Waals surface area contributed by atoms with Crippen molar-refractivity contribution in [3.8, 4) is 0 Å². The predicted molar refractivity (Wildman–Crippen MR) is 121 cm³/mol. The summed E-state index contributed by atoms with van der Waals surface area (Å²) in [6.45, 7) is 3.34. The van der Waals surface area contributed by atoms with Crippen molar-refractivity contribution in [3.63, 3.8) is 0 Å². The zero-order valence-electron chi connectivity index (χ0n) is 18.2. The molecule has 2 heterocycles. The number of fused-ring (bicyclic) bond motifs is 1. The van der Waals surface area contributed by atoms with Crippen molar-refractivity contribution in [2.45, 2.75) is 48.7 Å². The SMILES string of the molecule is O=S(=O)(c1ccccc1C(F)(F)F)N1CCc2cc(C3CC3NCC3CCNCC3)ccc21. The molecule has 2 unspecified atom stereocenters. The first kappa shape index (κ1) is 22.7. The van der Waals surface area contributed by atoms with Gasteiger partial charge in [0.1, 0.15) is 0 Å². The van der Waals surface area contributed by atoms with Crippen LogP contribution in [0, 0.1) is 5.92 Å². The average molecular weight is 480 g/mol. The van der Waals surface area contributed by atoms with Crippen molar-refractivity contribution < 1.29 is 21.6 Å². The Kier molecular flexibility index (Phi) is 5.91. The van der Waals surface area contributed by atoms with Crippen LogP contribution in [0.4, 0.5) is 18.9 Å². The van der Waals surface area contributed by atoms with Crippen molar-refractivity contribution in [1.82, 2.24) is 10.6 Å². The molecule has 1 saturated carbocycles. The first-order valence-corrected chi connectivity index (χ1v) is 12.9. The second-order valence-corrected chi connectivity index (χ2v) is 11.1. The number of hydrogen-bond donors (Lipinski definition) is 2. The molecular weight excluding hydrogens is 451 g/mol. The van der Waals surface area contributed by atoms with Gasteiger partial charge in [0.2, 0.25) is 0 Å². The molecule has 2 aliphatic heterocycles. The van der Waals surface area contributed by atoms with Gasteiger partial charge in [-0.25, -0.2) is 8.42 Å². The molecule has 0 spiro atoms. The standard InChI is InChI=1S/C24H28F3N3O2S/c25-24(26,27)20-3-1-2-4-23(20)33(31,32)30-12-9-18-13-17(5-6-22(18)30)19-14-21(19)29-15-16-7-10-28-11-8-16/h1-6,13,16,19,21,28-29H,7-12,14-15H2. The van der Waals surface area contributed by atoms with Gasteiger partial charge >= 0.3 is 6.18 Å². The quantitative estimate of drug-likeness (QED) is 0.660. The average Bonchev–Trinajstić information content (AvgIpc) is 3.46. The number of sulfonamides is 1. The van der Waals surface area contributed by atoms with Crippen LogP contribution >= 0.6 is 0 Å². The third-order valence-electron chi connectivity index (χ3n) is 7.06. The molecule has 1 aliphatic carbocycles. The van der Waals surface area contributed by atoms with Crippen LogP contribution in [0.3, 0.4) is 0 Å². The van der Waals surface area contributed by atoms with Crippen LogP contribution in [0.1, 0.15) is 41.9 Å². The zero-order valence-corrected chi connectivity index (χ0v) is 19.1. The van der Waals surface area contributed by atoms with Crippen LogP contribution in [0.2, 0.25) is 0 Å². The Morgan fingerprint density at radius 1 is 1.09 bits per heavy atom. The van der Waals surface area contributed by atoms with E-state index in [4.69, 9.17) is 0 Å². The van der Waals surface area contributed by atoms with E-state index in [1.165, 1.54) is 30.5 Å². The third kappa shape index (κ3) is 4.50. The molecule has 2 N–H and O–H groups in total. The highest BCUT2D eigenvalue weighted by Gasteiger charge is 2.42. The Morgan fingerprint density at radius 3 is 2.61 bits per heavy atom. The zero-order chi connectivity index (χ0) is 23.2. The second kappa shape index (κ2) is 8.60. The van der Waals surface area contributed by atoms with Gasteiger partial charge in [-0.15, -0.1) is 0 Å². The Bertz CT molecular complexity index is 1130. The molecule has 3 aliphatic rings. The lowest BCUT2D eigenvalue weighted by atomic mass is 9.98. The molecule has 178 valence electrons. The molecule has 2 aromatic rings. The first-order chi connectivity index (χ1) is 15.7. The van der Waals surface area contributed by atoms with E-state index in [2.05, 4.69) is 10.6 Å². The summed E-state index contributed by atoms with van der Waals surface area (Å²) in [5.41, 5.74) is 1.40. The van der Waals surface area contributed by atoms with Crippen LogP contribution in [-0.4, -0.2) is 40.6 Å². The largest absolute Gasteiger partial charge is 0.417 e. The topological polar surface area (TPSA) is 61.4 Å². The molecule has 5 nitrogen and oxygen atoms in total. The number of alkyl halides is 3. The minimum atomic E-state index is -4.74. The summed E-state index contributed by atoms with van der Waals surface area (Å²) in [7, 11) is -4.32. The van der Waals surface area contributed by atoms with E-state index in [0.717, 1.165) is 48.1 Å². The molecule has 9 heteroatoms. The minimum Gasteiger partial charge on any atom is -0.317 e. The summed E-state index contributed by atoms with van der Waals surface area (Å²) in [5.74, 6) is 1.12. The highest BCUT2D eigenvalue weighted by molar-refractivity contribution is 7.93. The molecule has 5 rings (SSSR count). The van der Waals surface area contributed by atoms with Crippen LogP contribution in [0.5, 0.6) is 0 Å². The molecular formula is C24H28F3N3O2S. The number of benzene rings is 2. The minimum absolute atomic E-state index is 0.148. The number of nitrogens with one attached hydrogen (secondary N) is 2. The summed E-state index contributed by atoms with van der Waals surface area (Å²) in [5, 5.41) is 7.06. The molecule has 33 heavy (non-hydrogen) atoms. The van der Waals surface area contributed by atoms with Crippen LogP contribution in [0.25, 0.3) is 0 Å². The maximum atomic E-state index is 13.4. The fourth-order valence-electron chi connectivity index (χ4n) is 5.11. The van der Waals surface area contributed by atoms with Crippen LogP contribution < -0.4 is 14.9 Å². The Balaban J connectivity index is 1.31. The number of nitrogens with zero attached hydrogens (tertiary/aromatic N) is 1. The molecule has 0 aromatic heterocycles. The van der Waals surface area contributed by atoms with Crippen molar-refractivity contribution in [3.05, 3.63) is 59.2 Å². The predicted octanol–water partition coefficient (Wildman–Crippen LogP) is 3.90. The van der Waals surface area contributed by atoms with Crippen molar-refractivity contribution in [2.75, 3.05) is 30.5 Å². The highest BCUT2D eigenvalue weighted by atomic mass is 32.2. The number of anilines is 1. The van der Waals surface area contributed by atoms with Crippen molar-refractivity contribution in [2.24, 2.45) is 5.92 Å². The molecule has 0 radical (unpaired) electrons. The van der Waals surface area contributed by atoms with Gasteiger partial charge in [0.05, 0.1) is 16.1 Å². The third-order valence-corrected chi connectivity index (χ3v) is 8.93. The van der Waals surface area contributed by atoms with E-state index in [1.807, 2.05) is 12.1 Å². The van der Waals surface area contributed by atoms with Gasteiger partial charge < -0.3 is 10.6 Å². The molecule has 2 fully saturated rings. The summed E-state index contributed by atoms with van der Waals surface area (Å²) in [6.07, 6.45) is -0.782. The van der Waals surface area contributed by atoms with Gasteiger partial charge in [-0.05, 0) is 80.6 Å². The summed E-state index contributed by atoms with van der Waals surface area (Å²) >= 11 is 0. The summed E-state index contributed by atoms with van der Waals surface area (Å²) in [4.78, 5) is -0.696.